The lowest BCUT2D eigenvalue weighted by Gasteiger charge is -2.11. The van der Waals surface area contributed by atoms with Crippen LogP contribution in [0.4, 0.5) is 0 Å². The molecular formula is C20H21N3O3S. The molecule has 0 aliphatic carbocycles. The van der Waals surface area contributed by atoms with Crippen molar-refractivity contribution in [1.29, 1.82) is 0 Å². The summed E-state index contributed by atoms with van der Waals surface area (Å²) < 4.78 is 10.7. The van der Waals surface area contributed by atoms with Gasteiger partial charge in [-0.05, 0) is 32.0 Å². The summed E-state index contributed by atoms with van der Waals surface area (Å²) in [5.41, 5.74) is 2.31. The van der Waals surface area contributed by atoms with Crippen LogP contribution in [0.1, 0.15) is 34.3 Å². The molecule has 1 N–H and O–H groups in total. The SMILES string of the molecule is CCOc1ncccc1CNC(=O)c1ccccc1SCc1cc(C)no1. The third kappa shape index (κ3) is 5.10. The molecule has 0 aliphatic rings. The fourth-order valence-electron chi connectivity index (χ4n) is 2.51. The minimum Gasteiger partial charge on any atom is -0.478 e. The van der Waals surface area contributed by atoms with E-state index in [1.54, 1.807) is 18.0 Å². The number of amides is 1. The molecule has 0 radical (unpaired) electrons. The van der Waals surface area contributed by atoms with Gasteiger partial charge in [0.2, 0.25) is 5.88 Å². The number of hydrogen-bond acceptors (Lipinski definition) is 6. The Kier molecular flexibility index (Phi) is 6.49. The Morgan fingerprint density at radius 2 is 2.11 bits per heavy atom. The van der Waals surface area contributed by atoms with Crippen molar-refractivity contribution in [2.24, 2.45) is 0 Å². The van der Waals surface area contributed by atoms with E-state index >= 15 is 0 Å². The number of carbonyl (C=O) groups is 1. The van der Waals surface area contributed by atoms with Crippen molar-refractivity contribution in [2.45, 2.75) is 31.0 Å². The highest BCUT2D eigenvalue weighted by atomic mass is 32.2. The number of pyridine rings is 1. The van der Waals surface area contributed by atoms with Crippen molar-refractivity contribution in [3.05, 3.63) is 71.2 Å². The first-order valence-electron chi connectivity index (χ1n) is 8.66. The van der Waals surface area contributed by atoms with Gasteiger partial charge in [-0.2, -0.15) is 0 Å². The lowest BCUT2D eigenvalue weighted by atomic mass is 10.2. The summed E-state index contributed by atoms with van der Waals surface area (Å²) >= 11 is 1.54. The first-order chi connectivity index (χ1) is 13.2. The molecule has 0 bridgehead atoms. The summed E-state index contributed by atoms with van der Waals surface area (Å²) in [5.74, 6) is 1.80. The second-order valence-corrected chi connectivity index (χ2v) is 6.82. The van der Waals surface area contributed by atoms with Crippen molar-refractivity contribution in [3.8, 4) is 5.88 Å². The fourth-order valence-corrected chi connectivity index (χ4v) is 3.43. The Morgan fingerprint density at radius 3 is 2.89 bits per heavy atom. The largest absolute Gasteiger partial charge is 0.478 e. The van der Waals surface area contributed by atoms with E-state index in [0.29, 0.717) is 30.3 Å². The Labute approximate surface area is 162 Å². The zero-order valence-electron chi connectivity index (χ0n) is 15.3. The molecule has 27 heavy (non-hydrogen) atoms. The van der Waals surface area contributed by atoms with Gasteiger partial charge in [0, 0.05) is 29.3 Å². The number of ether oxygens (including phenoxy) is 1. The van der Waals surface area contributed by atoms with Crippen molar-refractivity contribution < 1.29 is 14.1 Å². The lowest BCUT2D eigenvalue weighted by Crippen LogP contribution is -2.23. The van der Waals surface area contributed by atoms with Crippen LogP contribution in [0.25, 0.3) is 0 Å². The summed E-state index contributed by atoms with van der Waals surface area (Å²) in [6.07, 6.45) is 1.67. The van der Waals surface area contributed by atoms with Crippen LogP contribution in [0.15, 0.2) is 58.1 Å². The molecule has 0 saturated heterocycles. The predicted molar refractivity (Wildman–Crippen MR) is 104 cm³/mol. The maximum Gasteiger partial charge on any atom is 0.252 e. The van der Waals surface area contributed by atoms with Crippen molar-refractivity contribution in [1.82, 2.24) is 15.5 Å². The Hall–Kier alpha value is -2.80. The molecule has 3 rings (SSSR count). The van der Waals surface area contributed by atoms with Crippen LogP contribution in [0.3, 0.4) is 0 Å². The van der Waals surface area contributed by atoms with Gasteiger partial charge in [0.25, 0.3) is 5.91 Å². The number of aromatic nitrogens is 2. The lowest BCUT2D eigenvalue weighted by molar-refractivity contribution is 0.0947. The first kappa shape index (κ1) is 19.0. The van der Waals surface area contributed by atoms with Crippen LogP contribution in [0, 0.1) is 6.92 Å². The number of thioether (sulfide) groups is 1. The number of benzene rings is 1. The summed E-state index contributed by atoms with van der Waals surface area (Å²) in [4.78, 5) is 17.8. The second kappa shape index (κ2) is 9.23. The standard InChI is InChI=1S/C20H21N3O3S/c1-3-25-20-15(7-6-10-21-20)12-22-19(24)17-8-4-5-9-18(17)27-13-16-11-14(2)23-26-16/h4-11H,3,12-13H2,1-2H3,(H,22,24). The van der Waals surface area contributed by atoms with E-state index in [-0.39, 0.29) is 5.91 Å². The number of rotatable bonds is 8. The molecule has 0 aliphatic heterocycles. The second-order valence-electron chi connectivity index (χ2n) is 5.80. The van der Waals surface area contributed by atoms with Gasteiger partial charge >= 0.3 is 0 Å². The van der Waals surface area contributed by atoms with E-state index in [1.165, 1.54) is 0 Å². The summed E-state index contributed by atoms with van der Waals surface area (Å²) in [6, 6.07) is 13.1. The van der Waals surface area contributed by atoms with E-state index in [4.69, 9.17) is 9.26 Å². The smallest absolute Gasteiger partial charge is 0.252 e. The molecule has 0 unspecified atom stereocenters. The maximum atomic E-state index is 12.7. The van der Waals surface area contributed by atoms with Crippen LogP contribution in [0.5, 0.6) is 5.88 Å². The molecule has 6 nitrogen and oxygen atoms in total. The number of carbonyl (C=O) groups excluding carboxylic acids is 1. The van der Waals surface area contributed by atoms with Crippen LogP contribution in [-0.2, 0) is 12.3 Å². The van der Waals surface area contributed by atoms with Crippen LogP contribution < -0.4 is 10.1 Å². The van der Waals surface area contributed by atoms with E-state index < -0.39 is 0 Å². The fraction of sp³-hybridized carbons (Fsp3) is 0.250. The summed E-state index contributed by atoms with van der Waals surface area (Å²) in [6.45, 7) is 4.66. The van der Waals surface area contributed by atoms with E-state index in [9.17, 15) is 4.79 Å². The average molecular weight is 383 g/mol. The molecule has 1 aromatic carbocycles. The van der Waals surface area contributed by atoms with Gasteiger partial charge in [0.05, 0.1) is 23.6 Å². The monoisotopic (exact) mass is 383 g/mol. The van der Waals surface area contributed by atoms with E-state index in [1.807, 2.05) is 56.3 Å². The minimum absolute atomic E-state index is 0.141. The molecular weight excluding hydrogens is 362 g/mol. The van der Waals surface area contributed by atoms with E-state index in [0.717, 1.165) is 21.9 Å². The molecule has 0 saturated carbocycles. The molecule has 140 valence electrons. The van der Waals surface area contributed by atoms with Crippen LogP contribution in [-0.4, -0.2) is 22.7 Å². The van der Waals surface area contributed by atoms with Gasteiger partial charge in [-0.1, -0.05) is 23.4 Å². The number of aryl methyl sites for hydroxylation is 1. The summed E-state index contributed by atoms with van der Waals surface area (Å²) in [7, 11) is 0. The van der Waals surface area contributed by atoms with Gasteiger partial charge in [-0.25, -0.2) is 4.98 Å². The van der Waals surface area contributed by atoms with Gasteiger partial charge in [-0.15, -0.1) is 11.8 Å². The quantitative estimate of drug-likeness (QED) is 0.593. The number of hydrogen-bond donors (Lipinski definition) is 1. The zero-order chi connectivity index (χ0) is 19.1. The molecule has 7 heteroatoms. The average Bonchev–Trinajstić information content (AvgIpc) is 3.11. The third-order valence-electron chi connectivity index (χ3n) is 3.75. The van der Waals surface area contributed by atoms with E-state index in [2.05, 4.69) is 15.5 Å². The van der Waals surface area contributed by atoms with Gasteiger partial charge in [0.15, 0.2) is 0 Å². The number of nitrogens with zero attached hydrogens (tertiary/aromatic N) is 2. The molecule has 0 atom stereocenters. The highest BCUT2D eigenvalue weighted by Gasteiger charge is 2.13. The highest BCUT2D eigenvalue weighted by Crippen LogP contribution is 2.26. The van der Waals surface area contributed by atoms with Crippen LogP contribution >= 0.6 is 11.8 Å². The molecule has 0 fully saturated rings. The molecule has 2 heterocycles. The molecule has 2 aromatic heterocycles. The van der Waals surface area contributed by atoms with Crippen LogP contribution in [0.2, 0.25) is 0 Å². The Bertz CT molecular complexity index is 911. The van der Waals surface area contributed by atoms with Gasteiger partial charge < -0.3 is 14.6 Å². The maximum absolute atomic E-state index is 12.7. The topological polar surface area (TPSA) is 77.2 Å². The zero-order valence-corrected chi connectivity index (χ0v) is 16.1. The van der Waals surface area contributed by atoms with Crippen molar-refractivity contribution >= 4 is 17.7 Å². The summed E-state index contributed by atoms with van der Waals surface area (Å²) in [5, 5.41) is 6.84. The third-order valence-corrected chi connectivity index (χ3v) is 4.84. The highest BCUT2D eigenvalue weighted by molar-refractivity contribution is 7.98. The van der Waals surface area contributed by atoms with Gasteiger partial charge in [-0.3, -0.25) is 4.79 Å². The van der Waals surface area contributed by atoms with Crippen molar-refractivity contribution in [3.63, 3.8) is 0 Å². The van der Waals surface area contributed by atoms with Crippen molar-refractivity contribution in [2.75, 3.05) is 6.61 Å². The predicted octanol–water partition coefficient (Wildman–Crippen LogP) is 4.00. The minimum atomic E-state index is -0.141. The van der Waals surface area contributed by atoms with Gasteiger partial charge in [0.1, 0.15) is 5.76 Å². The number of nitrogens with one attached hydrogen (secondary N) is 1. The Morgan fingerprint density at radius 1 is 1.26 bits per heavy atom. The molecule has 0 spiro atoms. The first-order valence-corrected chi connectivity index (χ1v) is 9.65. The molecule has 3 aromatic rings. The Balaban J connectivity index is 1.66. The molecule has 1 amide bonds. The normalized spacial score (nSPS) is 10.6.